The van der Waals surface area contributed by atoms with Gasteiger partial charge in [0.2, 0.25) is 11.9 Å². The molecule has 2 aromatic heterocycles. The molecule has 0 aliphatic heterocycles. The van der Waals surface area contributed by atoms with E-state index in [-0.39, 0.29) is 17.4 Å². The Morgan fingerprint density at radius 2 is 2.13 bits per heavy atom. The van der Waals surface area contributed by atoms with Gasteiger partial charge in [-0.05, 0) is 18.2 Å². The van der Waals surface area contributed by atoms with E-state index in [0.29, 0.717) is 16.6 Å². The van der Waals surface area contributed by atoms with Crippen LogP contribution < -0.4 is 10.9 Å². The lowest BCUT2D eigenvalue weighted by atomic mass is 10.2. The van der Waals surface area contributed by atoms with Gasteiger partial charge < -0.3 is 10.4 Å². The van der Waals surface area contributed by atoms with Crippen LogP contribution in [0.2, 0.25) is 0 Å². The maximum absolute atomic E-state index is 12.2. The molecule has 0 aliphatic rings. The van der Waals surface area contributed by atoms with Gasteiger partial charge in [-0.3, -0.25) is 14.6 Å². The number of hydrogen-bond acceptors (Lipinski definition) is 5. The summed E-state index contributed by atoms with van der Waals surface area (Å²) in [6, 6.07) is 4.71. The zero-order valence-electron chi connectivity index (χ0n) is 11.9. The SMILES string of the molecule is CC(=O)Nc1ccc2nc(-n3cc(C(=O)O)cn3)[nH]c(=O)c2c1. The Morgan fingerprint density at radius 1 is 1.35 bits per heavy atom. The lowest BCUT2D eigenvalue weighted by Gasteiger charge is -2.05. The predicted octanol–water partition coefficient (Wildman–Crippen LogP) is 0.765. The number of hydrogen-bond donors (Lipinski definition) is 3. The van der Waals surface area contributed by atoms with Crippen LogP contribution in [-0.4, -0.2) is 36.7 Å². The fraction of sp³-hybridized carbons (Fsp3) is 0.0714. The molecular weight excluding hydrogens is 302 g/mol. The zero-order valence-corrected chi connectivity index (χ0v) is 11.9. The Kier molecular flexibility index (Phi) is 3.37. The van der Waals surface area contributed by atoms with E-state index in [1.807, 2.05) is 0 Å². The van der Waals surface area contributed by atoms with Gasteiger partial charge >= 0.3 is 5.97 Å². The summed E-state index contributed by atoms with van der Waals surface area (Å²) in [6.07, 6.45) is 2.41. The van der Waals surface area contributed by atoms with Crippen molar-refractivity contribution in [1.82, 2.24) is 19.7 Å². The van der Waals surface area contributed by atoms with Crippen LogP contribution in [0.25, 0.3) is 16.9 Å². The average molecular weight is 313 g/mol. The molecule has 3 N–H and O–H groups in total. The number of amides is 1. The van der Waals surface area contributed by atoms with Gasteiger partial charge in [0.25, 0.3) is 5.56 Å². The molecule has 0 bridgehead atoms. The normalized spacial score (nSPS) is 10.7. The first-order valence-corrected chi connectivity index (χ1v) is 6.54. The molecule has 0 fully saturated rings. The third kappa shape index (κ3) is 2.79. The fourth-order valence-electron chi connectivity index (χ4n) is 2.06. The third-order valence-electron chi connectivity index (χ3n) is 3.06. The van der Waals surface area contributed by atoms with Gasteiger partial charge in [-0.15, -0.1) is 0 Å². The topological polar surface area (TPSA) is 130 Å². The van der Waals surface area contributed by atoms with E-state index in [9.17, 15) is 14.4 Å². The number of aromatic nitrogens is 4. The second-order valence-electron chi connectivity index (χ2n) is 4.78. The molecule has 2 heterocycles. The maximum atomic E-state index is 12.2. The van der Waals surface area contributed by atoms with Gasteiger partial charge in [0.15, 0.2) is 0 Å². The monoisotopic (exact) mass is 313 g/mol. The van der Waals surface area contributed by atoms with Crippen LogP contribution in [0, 0.1) is 0 Å². The molecule has 1 amide bonds. The van der Waals surface area contributed by atoms with Gasteiger partial charge in [-0.1, -0.05) is 0 Å². The molecule has 3 aromatic rings. The number of aromatic carboxylic acids is 1. The highest BCUT2D eigenvalue weighted by Gasteiger charge is 2.11. The number of benzene rings is 1. The van der Waals surface area contributed by atoms with Crippen LogP contribution in [0.5, 0.6) is 0 Å². The molecule has 9 heteroatoms. The van der Waals surface area contributed by atoms with Crippen LogP contribution in [0.3, 0.4) is 0 Å². The Morgan fingerprint density at radius 3 is 2.78 bits per heavy atom. The minimum absolute atomic E-state index is 0.0197. The number of H-pyrrole nitrogens is 1. The van der Waals surface area contributed by atoms with E-state index in [1.165, 1.54) is 23.9 Å². The van der Waals surface area contributed by atoms with Gasteiger partial charge in [-0.25, -0.2) is 14.5 Å². The van der Waals surface area contributed by atoms with Crippen molar-refractivity contribution < 1.29 is 14.7 Å². The molecule has 0 saturated heterocycles. The Bertz CT molecular complexity index is 988. The number of carboxylic acid groups (broad SMARTS) is 1. The summed E-state index contributed by atoms with van der Waals surface area (Å²) in [5, 5.41) is 15.6. The first-order chi connectivity index (χ1) is 10.9. The lowest BCUT2D eigenvalue weighted by Crippen LogP contribution is -2.14. The van der Waals surface area contributed by atoms with Crippen molar-refractivity contribution in [1.29, 1.82) is 0 Å². The van der Waals surface area contributed by atoms with Gasteiger partial charge in [-0.2, -0.15) is 5.10 Å². The standard InChI is InChI=1S/C14H11N5O4/c1-7(20)16-9-2-3-11-10(4-9)12(21)18-14(17-11)19-6-8(5-15-19)13(22)23/h2-6H,1H3,(H,16,20)(H,22,23)(H,17,18,21). The number of aromatic amines is 1. The summed E-state index contributed by atoms with van der Waals surface area (Å²) in [6.45, 7) is 1.37. The molecule has 0 atom stereocenters. The van der Waals surface area contributed by atoms with Gasteiger partial charge in [0.1, 0.15) is 0 Å². The second-order valence-corrected chi connectivity index (χ2v) is 4.78. The molecule has 1 aromatic carbocycles. The molecule has 3 rings (SSSR count). The van der Waals surface area contributed by atoms with Crippen molar-refractivity contribution >= 4 is 28.5 Å². The summed E-state index contributed by atoms with van der Waals surface area (Å²) in [5.41, 5.74) is 0.431. The van der Waals surface area contributed by atoms with Crippen molar-refractivity contribution in [3.63, 3.8) is 0 Å². The van der Waals surface area contributed by atoms with Crippen molar-refractivity contribution in [3.05, 3.63) is 46.5 Å². The minimum Gasteiger partial charge on any atom is -0.478 e. The van der Waals surface area contributed by atoms with Crippen LogP contribution in [-0.2, 0) is 4.79 Å². The largest absolute Gasteiger partial charge is 0.478 e. The summed E-state index contributed by atoms with van der Waals surface area (Å²) in [4.78, 5) is 40.9. The molecule has 9 nitrogen and oxygen atoms in total. The van der Waals surface area contributed by atoms with Crippen LogP contribution >= 0.6 is 0 Å². The highest BCUT2D eigenvalue weighted by Crippen LogP contribution is 2.15. The minimum atomic E-state index is -1.13. The maximum Gasteiger partial charge on any atom is 0.338 e. The van der Waals surface area contributed by atoms with Crippen LogP contribution in [0.4, 0.5) is 5.69 Å². The molecule has 0 unspecified atom stereocenters. The van der Waals surface area contributed by atoms with Crippen molar-refractivity contribution in [2.45, 2.75) is 6.92 Å². The predicted molar refractivity (Wildman–Crippen MR) is 80.7 cm³/mol. The van der Waals surface area contributed by atoms with E-state index < -0.39 is 11.5 Å². The molecule has 0 spiro atoms. The number of nitrogens with zero attached hydrogens (tertiary/aromatic N) is 3. The number of carboxylic acids is 1. The lowest BCUT2D eigenvalue weighted by molar-refractivity contribution is -0.114. The highest BCUT2D eigenvalue weighted by atomic mass is 16.4. The number of anilines is 1. The number of nitrogens with one attached hydrogen (secondary N) is 2. The quantitative estimate of drug-likeness (QED) is 0.654. The van der Waals surface area contributed by atoms with Gasteiger partial charge in [0, 0.05) is 18.8 Å². The molecule has 0 saturated carbocycles. The second kappa shape index (κ2) is 5.37. The van der Waals surface area contributed by atoms with Crippen LogP contribution in [0.1, 0.15) is 17.3 Å². The van der Waals surface area contributed by atoms with E-state index in [1.54, 1.807) is 12.1 Å². The smallest absolute Gasteiger partial charge is 0.338 e. The Balaban J connectivity index is 2.09. The zero-order chi connectivity index (χ0) is 16.6. The van der Waals surface area contributed by atoms with Gasteiger partial charge in [0.05, 0.1) is 22.7 Å². The van der Waals surface area contributed by atoms with Crippen LogP contribution in [0.15, 0.2) is 35.4 Å². The summed E-state index contributed by atoms with van der Waals surface area (Å²) >= 11 is 0. The van der Waals surface area contributed by atoms with Crippen molar-refractivity contribution in [2.75, 3.05) is 5.32 Å². The van der Waals surface area contributed by atoms with Crippen molar-refractivity contribution in [3.8, 4) is 5.95 Å². The Hall–Kier alpha value is -3.49. The fourth-order valence-corrected chi connectivity index (χ4v) is 2.06. The summed E-state index contributed by atoms with van der Waals surface area (Å²) in [5.74, 6) is -1.27. The summed E-state index contributed by atoms with van der Waals surface area (Å²) in [7, 11) is 0. The number of carbonyl (C=O) groups is 2. The summed E-state index contributed by atoms with van der Waals surface area (Å²) < 4.78 is 1.17. The number of fused-ring (bicyclic) bond motifs is 1. The molecular formula is C14H11N5O4. The third-order valence-corrected chi connectivity index (χ3v) is 3.06. The molecule has 116 valence electrons. The number of carbonyl (C=O) groups excluding carboxylic acids is 1. The Labute approximate surface area is 128 Å². The molecule has 0 aliphatic carbocycles. The first kappa shape index (κ1) is 14.4. The van der Waals surface area contributed by atoms with E-state index in [0.717, 1.165) is 6.20 Å². The average Bonchev–Trinajstić information content (AvgIpc) is 2.97. The van der Waals surface area contributed by atoms with Crippen molar-refractivity contribution in [2.24, 2.45) is 0 Å². The molecule has 23 heavy (non-hydrogen) atoms. The van der Waals surface area contributed by atoms with E-state index in [2.05, 4.69) is 20.4 Å². The highest BCUT2D eigenvalue weighted by molar-refractivity contribution is 5.92. The van der Waals surface area contributed by atoms with E-state index in [4.69, 9.17) is 5.11 Å². The first-order valence-electron chi connectivity index (χ1n) is 6.54. The number of rotatable bonds is 3. The van der Waals surface area contributed by atoms with E-state index >= 15 is 0 Å². The molecule has 0 radical (unpaired) electrons.